The summed E-state index contributed by atoms with van der Waals surface area (Å²) in [5, 5.41) is 5.25. The normalized spacial score (nSPS) is 11.2. The zero-order chi connectivity index (χ0) is 11.8. The molecule has 2 N–H and O–H groups in total. The summed E-state index contributed by atoms with van der Waals surface area (Å²) in [6.07, 6.45) is 1.94. The summed E-state index contributed by atoms with van der Waals surface area (Å²) in [6, 6.07) is 8.32. The van der Waals surface area contributed by atoms with Crippen LogP contribution in [-0.4, -0.2) is 14.6 Å². The lowest BCUT2D eigenvalue weighted by Crippen LogP contribution is -1.95. The molecule has 0 radical (unpaired) electrons. The molecule has 0 aliphatic carbocycles. The fourth-order valence-corrected chi connectivity index (χ4v) is 2.44. The topological polar surface area (TPSA) is 56.2 Å². The Morgan fingerprint density at radius 1 is 1.29 bits per heavy atom. The van der Waals surface area contributed by atoms with Gasteiger partial charge in [-0.05, 0) is 6.92 Å². The molecule has 2 heterocycles. The van der Waals surface area contributed by atoms with Gasteiger partial charge in [0.1, 0.15) is 5.01 Å². The molecule has 0 bridgehead atoms. The van der Waals surface area contributed by atoms with Crippen LogP contribution in [0.5, 0.6) is 0 Å². The third-order valence-corrected chi connectivity index (χ3v) is 3.55. The highest BCUT2D eigenvalue weighted by atomic mass is 32.1. The molecule has 0 fully saturated rings. The zero-order valence-corrected chi connectivity index (χ0v) is 10.2. The van der Waals surface area contributed by atoms with E-state index in [9.17, 15) is 0 Å². The van der Waals surface area contributed by atoms with Crippen LogP contribution in [0.1, 0.15) is 10.6 Å². The van der Waals surface area contributed by atoms with E-state index in [0.29, 0.717) is 6.54 Å². The van der Waals surface area contributed by atoms with Crippen molar-refractivity contribution >= 4 is 16.3 Å². The molecule has 5 heteroatoms. The molecule has 0 aliphatic heterocycles. The molecule has 3 aromatic rings. The highest BCUT2D eigenvalue weighted by Gasteiger charge is 2.08. The van der Waals surface area contributed by atoms with Crippen LogP contribution in [0.4, 0.5) is 0 Å². The maximum absolute atomic E-state index is 5.55. The Balaban J connectivity index is 2.06. The van der Waals surface area contributed by atoms with Crippen molar-refractivity contribution in [1.82, 2.24) is 14.6 Å². The maximum Gasteiger partial charge on any atom is 0.212 e. The van der Waals surface area contributed by atoms with Crippen molar-refractivity contribution in [2.75, 3.05) is 0 Å². The number of aryl methyl sites for hydroxylation is 1. The quantitative estimate of drug-likeness (QED) is 0.752. The van der Waals surface area contributed by atoms with Crippen molar-refractivity contribution in [2.24, 2.45) is 5.73 Å². The molecule has 1 aromatic carbocycles. The Kier molecular flexibility index (Phi) is 2.42. The fraction of sp³-hybridized carbons (Fsp3) is 0.167. The second-order valence-electron chi connectivity index (χ2n) is 3.92. The van der Waals surface area contributed by atoms with Crippen molar-refractivity contribution in [3.63, 3.8) is 0 Å². The number of nitrogens with two attached hydrogens (primary N) is 1. The van der Waals surface area contributed by atoms with E-state index in [4.69, 9.17) is 5.73 Å². The standard InChI is InChI=1S/C12H12N4S/c1-8-2-4-9(5-3-8)10-7-16-12(14-10)17-11(6-13)15-16/h2-5,7H,6,13H2,1H3. The van der Waals surface area contributed by atoms with Crippen molar-refractivity contribution in [3.05, 3.63) is 41.0 Å². The van der Waals surface area contributed by atoms with Gasteiger partial charge in [-0.15, -0.1) is 0 Å². The lowest BCUT2D eigenvalue weighted by molar-refractivity contribution is 0.897. The summed E-state index contributed by atoms with van der Waals surface area (Å²) >= 11 is 1.53. The van der Waals surface area contributed by atoms with Crippen molar-refractivity contribution in [1.29, 1.82) is 0 Å². The van der Waals surface area contributed by atoms with Gasteiger partial charge < -0.3 is 5.73 Å². The monoisotopic (exact) mass is 244 g/mol. The lowest BCUT2D eigenvalue weighted by atomic mass is 10.1. The van der Waals surface area contributed by atoms with E-state index in [1.54, 1.807) is 4.52 Å². The minimum absolute atomic E-state index is 0.466. The van der Waals surface area contributed by atoms with Crippen LogP contribution in [0.2, 0.25) is 0 Å². The van der Waals surface area contributed by atoms with Gasteiger partial charge in [0.25, 0.3) is 0 Å². The summed E-state index contributed by atoms with van der Waals surface area (Å²) in [5.41, 5.74) is 8.86. The second kappa shape index (κ2) is 3.94. The Labute approximate surface area is 103 Å². The second-order valence-corrected chi connectivity index (χ2v) is 4.96. The summed E-state index contributed by atoms with van der Waals surface area (Å²) in [6.45, 7) is 2.54. The van der Waals surface area contributed by atoms with Crippen molar-refractivity contribution in [3.8, 4) is 11.3 Å². The third kappa shape index (κ3) is 1.83. The van der Waals surface area contributed by atoms with Crippen molar-refractivity contribution < 1.29 is 0 Å². The van der Waals surface area contributed by atoms with Gasteiger partial charge >= 0.3 is 0 Å². The van der Waals surface area contributed by atoms with Gasteiger partial charge in [-0.25, -0.2) is 9.50 Å². The number of benzene rings is 1. The van der Waals surface area contributed by atoms with E-state index < -0.39 is 0 Å². The number of imidazole rings is 1. The molecule has 0 atom stereocenters. The number of nitrogens with zero attached hydrogens (tertiary/aromatic N) is 3. The average molecular weight is 244 g/mol. The van der Waals surface area contributed by atoms with E-state index in [1.807, 2.05) is 6.20 Å². The Bertz CT molecular complexity index is 619. The summed E-state index contributed by atoms with van der Waals surface area (Å²) in [5.74, 6) is 0. The van der Waals surface area contributed by atoms with Gasteiger partial charge in [0.2, 0.25) is 4.96 Å². The highest BCUT2D eigenvalue weighted by Crippen LogP contribution is 2.22. The molecule has 4 nitrogen and oxygen atoms in total. The molecular weight excluding hydrogens is 232 g/mol. The molecular formula is C12H12N4S. The fourth-order valence-electron chi connectivity index (χ4n) is 1.69. The zero-order valence-electron chi connectivity index (χ0n) is 9.42. The van der Waals surface area contributed by atoms with Gasteiger partial charge in [-0.3, -0.25) is 0 Å². The molecule has 0 aliphatic rings. The van der Waals surface area contributed by atoms with Crippen LogP contribution in [0.3, 0.4) is 0 Å². The number of hydrogen-bond donors (Lipinski definition) is 1. The van der Waals surface area contributed by atoms with E-state index in [-0.39, 0.29) is 0 Å². The van der Waals surface area contributed by atoms with Gasteiger partial charge in [0, 0.05) is 12.1 Å². The van der Waals surface area contributed by atoms with Gasteiger partial charge in [0.05, 0.1) is 11.9 Å². The first-order valence-electron chi connectivity index (χ1n) is 5.38. The van der Waals surface area contributed by atoms with Crippen LogP contribution in [0, 0.1) is 6.92 Å². The molecule has 86 valence electrons. The number of aromatic nitrogens is 3. The van der Waals surface area contributed by atoms with E-state index in [0.717, 1.165) is 21.2 Å². The first kappa shape index (κ1) is 10.4. The SMILES string of the molecule is Cc1ccc(-c2cn3nc(CN)sc3n2)cc1. The molecule has 17 heavy (non-hydrogen) atoms. The summed E-state index contributed by atoms with van der Waals surface area (Å²) < 4.78 is 1.79. The molecule has 0 amide bonds. The number of fused-ring (bicyclic) bond motifs is 1. The largest absolute Gasteiger partial charge is 0.324 e. The van der Waals surface area contributed by atoms with E-state index >= 15 is 0 Å². The van der Waals surface area contributed by atoms with Crippen LogP contribution < -0.4 is 5.73 Å². The average Bonchev–Trinajstić information content (AvgIpc) is 2.87. The molecule has 0 saturated carbocycles. The van der Waals surface area contributed by atoms with Crippen LogP contribution in [0.15, 0.2) is 30.5 Å². The van der Waals surface area contributed by atoms with Crippen LogP contribution in [0.25, 0.3) is 16.2 Å². The molecule has 0 saturated heterocycles. The number of rotatable bonds is 2. The molecule has 0 spiro atoms. The maximum atomic E-state index is 5.55. The third-order valence-electron chi connectivity index (χ3n) is 2.61. The van der Waals surface area contributed by atoms with Crippen LogP contribution in [-0.2, 0) is 6.54 Å². The number of hydrogen-bond acceptors (Lipinski definition) is 4. The van der Waals surface area contributed by atoms with Crippen LogP contribution >= 0.6 is 11.3 Å². The summed E-state index contributed by atoms with van der Waals surface area (Å²) in [7, 11) is 0. The molecule has 3 rings (SSSR count). The predicted octanol–water partition coefficient (Wildman–Crippen LogP) is 2.22. The van der Waals surface area contributed by atoms with Gasteiger partial charge in [-0.1, -0.05) is 41.2 Å². The minimum atomic E-state index is 0.466. The molecule has 2 aromatic heterocycles. The Morgan fingerprint density at radius 2 is 2.06 bits per heavy atom. The Hall–Kier alpha value is -1.72. The Morgan fingerprint density at radius 3 is 2.71 bits per heavy atom. The minimum Gasteiger partial charge on any atom is -0.324 e. The van der Waals surface area contributed by atoms with Gasteiger partial charge in [0.15, 0.2) is 0 Å². The van der Waals surface area contributed by atoms with Crippen molar-refractivity contribution in [2.45, 2.75) is 13.5 Å². The van der Waals surface area contributed by atoms with E-state index in [1.165, 1.54) is 16.9 Å². The van der Waals surface area contributed by atoms with E-state index in [2.05, 4.69) is 41.3 Å². The highest BCUT2D eigenvalue weighted by molar-refractivity contribution is 7.16. The van der Waals surface area contributed by atoms with Gasteiger partial charge in [-0.2, -0.15) is 5.10 Å². The first-order valence-corrected chi connectivity index (χ1v) is 6.20. The lowest BCUT2D eigenvalue weighted by Gasteiger charge is -1.96. The summed E-state index contributed by atoms with van der Waals surface area (Å²) in [4.78, 5) is 5.43. The smallest absolute Gasteiger partial charge is 0.212 e. The molecule has 0 unspecified atom stereocenters. The first-order chi connectivity index (χ1) is 8.26. The predicted molar refractivity (Wildman–Crippen MR) is 68.9 cm³/mol.